The molecule has 2 aromatic carbocycles. The first-order chi connectivity index (χ1) is 12.6. The first-order valence-corrected chi connectivity index (χ1v) is 9.05. The van der Waals surface area contributed by atoms with Crippen LogP contribution in [0.25, 0.3) is 0 Å². The summed E-state index contributed by atoms with van der Waals surface area (Å²) >= 11 is 0. The van der Waals surface area contributed by atoms with Gasteiger partial charge in [-0.2, -0.15) is 0 Å². The van der Waals surface area contributed by atoms with E-state index < -0.39 is 0 Å². The van der Waals surface area contributed by atoms with E-state index in [0.717, 1.165) is 36.5 Å². The van der Waals surface area contributed by atoms with Gasteiger partial charge in [0, 0.05) is 43.3 Å². The molecule has 1 heterocycles. The molecule has 1 fully saturated rings. The van der Waals surface area contributed by atoms with Crippen molar-refractivity contribution in [2.45, 2.75) is 26.4 Å². The minimum Gasteiger partial charge on any atom is -0.494 e. The van der Waals surface area contributed by atoms with Gasteiger partial charge in [0.25, 0.3) is 0 Å². The third-order valence-corrected chi connectivity index (χ3v) is 4.73. The average molecular weight is 356 g/mol. The molecule has 0 saturated carbocycles. The highest BCUT2D eigenvalue weighted by Gasteiger charge is 2.25. The molecule has 4 nitrogen and oxygen atoms in total. The second-order valence-corrected chi connectivity index (χ2v) is 6.56. The molecule has 1 N–H and O–H groups in total. The number of nitrogens with zero attached hydrogens (tertiary/aromatic N) is 1. The Kier molecular flexibility index (Phi) is 6.01. The number of piperazine rings is 1. The highest BCUT2D eigenvalue weighted by Crippen LogP contribution is 2.28. The molecule has 0 aromatic heterocycles. The van der Waals surface area contributed by atoms with Crippen molar-refractivity contribution in [1.29, 1.82) is 0 Å². The van der Waals surface area contributed by atoms with Gasteiger partial charge >= 0.3 is 0 Å². The van der Waals surface area contributed by atoms with E-state index in [2.05, 4.69) is 10.2 Å². The Morgan fingerprint density at radius 3 is 2.88 bits per heavy atom. The van der Waals surface area contributed by atoms with E-state index in [9.17, 15) is 9.18 Å². The minimum atomic E-state index is -0.221. The molecule has 0 aliphatic carbocycles. The number of carbonyl (C=O) groups is 1. The first kappa shape index (κ1) is 18.5. The highest BCUT2D eigenvalue weighted by molar-refractivity contribution is 5.94. The Labute approximate surface area is 154 Å². The number of halogens is 1. The number of benzene rings is 2. The van der Waals surface area contributed by atoms with Gasteiger partial charge in [-0.3, -0.25) is 9.69 Å². The number of Topliss-reactive ketones (excluding diaryl/α,β-unsaturated/α-hetero) is 1. The van der Waals surface area contributed by atoms with E-state index in [0.29, 0.717) is 18.7 Å². The van der Waals surface area contributed by atoms with Crippen LogP contribution >= 0.6 is 0 Å². The van der Waals surface area contributed by atoms with Crippen molar-refractivity contribution in [3.05, 3.63) is 65.0 Å². The predicted octanol–water partition coefficient (Wildman–Crippen LogP) is 3.57. The molecule has 1 atom stereocenters. The Morgan fingerprint density at radius 1 is 1.31 bits per heavy atom. The number of ketones is 1. The normalized spacial score (nSPS) is 17.9. The van der Waals surface area contributed by atoms with Crippen molar-refractivity contribution in [2.75, 3.05) is 26.2 Å². The van der Waals surface area contributed by atoms with Gasteiger partial charge in [-0.15, -0.1) is 0 Å². The lowest BCUT2D eigenvalue weighted by Gasteiger charge is -2.37. The maximum atomic E-state index is 13.7. The van der Waals surface area contributed by atoms with Crippen LogP contribution in [-0.2, 0) is 6.54 Å². The van der Waals surface area contributed by atoms with Crippen LogP contribution in [0.4, 0.5) is 4.39 Å². The van der Waals surface area contributed by atoms with Crippen LogP contribution in [0.2, 0.25) is 0 Å². The summed E-state index contributed by atoms with van der Waals surface area (Å²) in [5, 5.41) is 3.39. The Balaban J connectivity index is 1.89. The first-order valence-electron chi connectivity index (χ1n) is 9.05. The molecule has 2 aromatic rings. The zero-order chi connectivity index (χ0) is 18.5. The van der Waals surface area contributed by atoms with E-state index in [1.54, 1.807) is 25.1 Å². The molecular weight excluding hydrogens is 331 g/mol. The standard InChI is InChI=1S/C21H25FN2O2/c1-3-26-21-8-7-16(15(2)25)11-18(21)14-24-10-9-23-13-20(24)17-5-4-6-19(22)12-17/h4-8,11-12,20,23H,3,9-10,13-14H2,1-2H3. The summed E-state index contributed by atoms with van der Waals surface area (Å²) < 4.78 is 19.4. The molecule has 5 heteroatoms. The van der Waals surface area contributed by atoms with Crippen LogP contribution < -0.4 is 10.1 Å². The molecule has 0 amide bonds. The topological polar surface area (TPSA) is 41.6 Å². The van der Waals surface area contributed by atoms with Crippen LogP contribution in [0.3, 0.4) is 0 Å². The monoisotopic (exact) mass is 356 g/mol. The van der Waals surface area contributed by atoms with Crippen molar-refractivity contribution in [3.63, 3.8) is 0 Å². The second-order valence-electron chi connectivity index (χ2n) is 6.56. The number of nitrogens with one attached hydrogen (secondary N) is 1. The largest absolute Gasteiger partial charge is 0.494 e. The van der Waals surface area contributed by atoms with Crippen LogP contribution in [0.5, 0.6) is 5.75 Å². The quantitative estimate of drug-likeness (QED) is 0.804. The van der Waals surface area contributed by atoms with Crippen LogP contribution in [0, 0.1) is 5.82 Å². The van der Waals surface area contributed by atoms with E-state index in [1.165, 1.54) is 6.07 Å². The molecule has 0 bridgehead atoms. The maximum Gasteiger partial charge on any atom is 0.159 e. The number of rotatable bonds is 6. The lowest BCUT2D eigenvalue weighted by Crippen LogP contribution is -2.45. The maximum absolute atomic E-state index is 13.7. The molecule has 0 radical (unpaired) electrons. The van der Waals surface area contributed by atoms with E-state index in [1.807, 2.05) is 25.1 Å². The Bertz CT molecular complexity index is 778. The summed E-state index contributed by atoms with van der Waals surface area (Å²) in [6.45, 7) is 7.22. The van der Waals surface area contributed by atoms with Gasteiger partial charge in [0.15, 0.2) is 5.78 Å². The van der Waals surface area contributed by atoms with Crippen LogP contribution in [0.1, 0.15) is 41.4 Å². The molecule has 0 spiro atoms. The lowest BCUT2D eigenvalue weighted by molar-refractivity contribution is 0.101. The zero-order valence-electron chi connectivity index (χ0n) is 15.3. The minimum absolute atomic E-state index is 0.0382. The second kappa shape index (κ2) is 8.43. The van der Waals surface area contributed by atoms with E-state index in [-0.39, 0.29) is 17.6 Å². The third kappa shape index (κ3) is 4.29. The smallest absolute Gasteiger partial charge is 0.159 e. The summed E-state index contributed by atoms with van der Waals surface area (Å²) in [7, 11) is 0. The van der Waals surface area contributed by atoms with E-state index >= 15 is 0 Å². The van der Waals surface area contributed by atoms with E-state index in [4.69, 9.17) is 4.74 Å². The molecular formula is C21H25FN2O2. The molecule has 1 aliphatic heterocycles. The fourth-order valence-corrected chi connectivity index (χ4v) is 3.42. The van der Waals surface area contributed by atoms with Gasteiger partial charge in [0.1, 0.15) is 11.6 Å². The SMILES string of the molecule is CCOc1ccc(C(C)=O)cc1CN1CCNCC1c1cccc(F)c1. The van der Waals surface area contributed by atoms with Crippen molar-refractivity contribution in [2.24, 2.45) is 0 Å². The van der Waals surface area contributed by atoms with Gasteiger partial charge < -0.3 is 10.1 Å². The van der Waals surface area contributed by atoms with Crippen LogP contribution in [-0.4, -0.2) is 36.9 Å². The summed E-state index contributed by atoms with van der Waals surface area (Å²) in [5.41, 5.74) is 2.63. The fraction of sp³-hybridized carbons (Fsp3) is 0.381. The summed E-state index contributed by atoms with van der Waals surface area (Å²) in [5.74, 6) is 0.618. The van der Waals surface area contributed by atoms with Gasteiger partial charge in [0.2, 0.25) is 0 Å². The van der Waals surface area contributed by atoms with Crippen molar-refractivity contribution in [3.8, 4) is 5.75 Å². The van der Waals surface area contributed by atoms with Crippen molar-refractivity contribution < 1.29 is 13.9 Å². The van der Waals surface area contributed by atoms with Gasteiger partial charge in [-0.25, -0.2) is 4.39 Å². The average Bonchev–Trinajstić information content (AvgIpc) is 2.63. The van der Waals surface area contributed by atoms with Crippen LogP contribution in [0.15, 0.2) is 42.5 Å². The number of hydrogen-bond acceptors (Lipinski definition) is 4. The summed E-state index contributed by atoms with van der Waals surface area (Å²) in [6, 6.07) is 12.4. The third-order valence-electron chi connectivity index (χ3n) is 4.73. The van der Waals surface area contributed by atoms with Crippen molar-refractivity contribution in [1.82, 2.24) is 10.2 Å². The molecule has 1 saturated heterocycles. The van der Waals surface area contributed by atoms with Crippen molar-refractivity contribution >= 4 is 5.78 Å². The molecule has 138 valence electrons. The Morgan fingerprint density at radius 2 is 2.15 bits per heavy atom. The lowest BCUT2D eigenvalue weighted by atomic mass is 10.0. The Hall–Kier alpha value is -2.24. The number of ether oxygens (including phenoxy) is 1. The molecule has 26 heavy (non-hydrogen) atoms. The van der Waals surface area contributed by atoms with Gasteiger partial charge in [0.05, 0.1) is 6.61 Å². The van der Waals surface area contributed by atoms with Gasteiger partial charge in [-0.1, -0.05) is 12.1 Å². The summed E-state index contributed by atoms with van der Waals surface area (Å²) in [6.07, 6.45) is 0. The number of hydrogen-bond donors (Lipinski definition) is 1. The molecule has 3 rings (SSSR count). The molecule has 1 unspecified atom stereocenters. The zero-order valence-corrected chi connectivity index (χ0v) is 15.3. The fourth-order valence-electron chi connectivity index (χ4n) is 3.42. The summed E-state index contributed by atoms with van der Waals surface area (Å²) in [4.78, 5) is 14.1. The number of carbonyl (C=O) groups excluding carboxylic acids is 1. The van der Waals surface area contributed by atoms with Gasteiger partial charge in [-0.05, 0) is 49.7 Å². The molecule has 1 aliphatic rings. The highest BCUT2D eigenvalue weighted by atomic mass is 19.1. The predicted molar refractivity (Wildman–Crippen MR) is 100 cm³/mol.